The van der Waals surface area contributed by atoms with Crippen LogP contribution in [-0.2, 0) is 0 Å². The van der Waals surface area contributed by atoms with Crippen molar-refractivity contribution in [2.75, 3.05) is 13.1 Å². The van der Waals surface area contributed by atoms with Gasteiger partial charge in [0.1, 0.15) is 0 Å². The molecule has 0 aliphatic rings. The van der Waals surface area contributed by atoms with Crippen molar-refractivity contribution in [3.63, 3.8) is 0 Å². The average molecular weight is 473 g/mol. The summed E-state index contributed by atoms with van der Waals surface area (Å²) in [6.45, 7) is 5.93. The number of carbonyl (C=O) groups excluding carboxylic acids is 2. The smallest absolute Gasteiger partial charge is 0.251 e. The van der Waals surface area contributed by atoms with Crippen LogP contribution in [-0.4, -0.2) is 24.9 Å². The van der Waals surface area contributed by atoms with E-state index in [0.29, 0.717) is 11.1 Å². The highest BCUT2D eigenvalue weighted by Gasteiger charge is 2.08. The number of carbonyl (C=O) groups is 2. The Labute approximate surface area is 210 Å². The Morgan fingerprint density at radius 2 is 0.735 bits per heavy atom. The van der Waals surface area contributed by atoms with E-state index in [-0.39, 0.29) is 11.8 Å². The molecule has 2 amide bonds. The molecule has 4 heteroatoms. The zero-order valence-corrected chi connectivity index (χ0v) is 22.3. The molecular formula is C30H52N2O2. The van der Waals surface area contributed by atoms with Gasteiger partial charge in [-0.3, -0.25) is 9.59 Å². The summed E-state index contributed by atoms with van der Waals surface area (Å²) in [5.41, 5.74) is 1.23. The van der Waals surface area contributed by atoms with E-state index in [1.165, 1.54) is 103 Å². The van der Waals surface area contributed by atoms with Gasteiger partial charge in [0.05, 0.1) is 0 Å². The van der Waals surface area contributed by atoms with E-state index in [9.17, 15) is 9.59 Å². The third-order valence-corrected chi connectivity index (χ3v) is 6.54. The lowest BCUT2D eigenvalue weighted by Crippen LogP contribution is -2.26. The molecule has 0 spiro atoms. The molecule has 0 aromatic heterocycles. The zero-order valence-electron chi connectivity index (χ0n) is 22.3. The van der Waals surface area contributed by atoms with Crippen LogP contribution in [0, 0.1) is 0 Å². The predicted octanol–water partition coefficient (Wildman–Crippen LogP) is 8.21. The van der Waals surface area contributed by atoms with Gasteiger partial charge in [-0.25, -0.2) is 0 Å². The molecule has 194 valence electrons. The highest BCUT2D eigenvalue weighted by atomic mass is 16.2. The Morgan fingerprint density at radius 3 is 1.03 bits per heavy atom. The summed E-state index contributed by atoms with van der Waals surface area (Å²) in [7, 11) is 0. The van der Waals surface area contributed by atoms with E-state index in [0.717, 1.165) is 25.9 Å². The van der Waals surface area contributed by atoms with Crippen molar-refractivity contribution >= 4 is 11.8 Å². The first-order valence-corrected chi connectivity index (χ1v) is 14.4. The van der Waals surface area contributed by atoms with Crippen LogP contribution in [0.4, 0.5) is 0 Å². The Morgan fingerprint density at radius 1 is 0.471 bits per heavy atom. The molecule has 1 aromatic carbocycles. The van der Waals surface area contributed by atoms with Gasteiger partial charge in [-0.15, -0.1) is 0 Å². The normalized spacial score (nSPS) is 10.9. The molecule has 0 heterocycles. The SMILES string of the molecule is CCCCCCCCCCCNC(=O)c1ccc(C(=O)NCCCCCCCCCCC)cc1. The highest BCUT2D eigenvalue weighted by Crippen LogP contribution is 2.11. The van der Waals surface area contributed by atoms with Gasteiger partial charge in [-0.1, -0.05) is 117 Å². The molecule has 0 aliphatic heterocycles. The number of nitrogens with one attached hydrogen (secondary N) is 2. The summed E-state index contributed by atoms with van der Waals surface area (Å²) < 4.78 is 0. The molecule has 0 aliphatic carbocycles. The van der Waals surface area contributed by atoms with Gasteiger partial charge in [0.2, 0.25) is 0 Å². The minimum Gasteiger partial charge on any atom is -0.352 e. The minimum atomic E-state index is -0.0544. The van der Waals surface area contributed by atoms with Gasteiger partial charge >= 0.3 is 0 Å². The predicted molar refractivity (Wildman–Crippen MR) is 146 cm³/mol. The lowest BCUT2D eigenvalue weighted by molar-refractivity contribution is 0.0941. The van der Waals surface area contributed by atoms with E-state index in [4.69, 9.17) is 0 Å². The molecule has 0 radical (unpaired) electrons. The van der Waals surface area contributed by atoms with Crippen molar-refractivity contribution in [2.24, 2.45) is 0 Å². The summed E-state index contributed by atoms with van der Waals surface area (Å²) in [5, 5.41) is 6.00. The minimum absolute atomic E-state index is 0.0544. The maximum atomic E-state index is 12.3. The lowest BCUT2D eigenvalue weighted by Gasteiger charge is -2.08. The summed E-state index contributed by atoms with van der Waals surface area (Å²) >= 11 is 0. The van der Waals surface area contributed by atoms with Crippen LogP contribution in [0.1, 0.15) is 150 Å². The third kappa shape index (κ3) is 15.9. The topological polar surface area (TPSA) is 58.2 Å². The maximum Gasteiger partial charge on any atom is 0.251 e. The standard InChI is InChI=1S/C30H52N2O2/c1-3-5-7-9-11-13-15-17-19-25-31-29(33)27-21-23-28(24-22-27)30(34)32-26-20-18-16-14-12-10-8-6-4-2/h21-24H,3-20,25-26H2,1-2H3,(H,31,33)(H,32,34). The van der Waals surface area contributed by atoms with Crippen molar-refractivity contribution in [2.45, 2.75) is 129 Å². The fourth-order valence-corrected chi connectivity index (χ4v) is 4.25. The Bertz CT molecular complexity index is 572. The Hall–Kier alpha value is -1.84. The lowest BCUT2D eigenvalue weighted by atomic mass is 10.1. The molecule has 1 aromatic rings. The van der Waals surface area contributed by atoms with Crippen LogP contribution in [0.5, 0.6) is 0 Å². The van der Waals surface area contributed by atoms with Crippen LogP contribution >= 0.6 is 0 Å². The fraction of sp³-hybridized carbons (Fsp3) is 0.733. The van der Waals surface area contributed by atoms with Gasteiger partial charge < -0.3 is 10.6 Å². The number of hydrogen-bond acceptors (Lipinski definition) is 2. The molecule has 0 fully saturated rings. The van der Waals surface area contributed by atoms with Crippen molar-refractivity contribution < 1.29 is 9.59 Å². The Balaban J connectivity index is 2.08. The Kier molecular flexibility index (Phi) is 19.2. The van der Waals surface area contributed by atoms with Crippen molar-refractivity contribution in [3.8, 4) is 0 Å². The second kappa shape index (κ2) is 21.7. The first-order chi connectivity index (χ1) is 16.7. The van der Waals surface area contributed by atoms with Gasteiger partial charge in [0, 0.05) is 24.2 Å². The highest BCUT2D eigenvalue weighted by molar-refractivity contribution is 5.97. The maximum absolute atomic E-state index is 12.3. The number of hydrogen-bond donors (Lipinski definition) is 2. The second-order valence-corrected chi connectivity index (χ2v) is 9.75. The van der Waals surface area contributed by atoms with E-state index >= 15 is 0 Å². The molecule has 34 heavy (non-hydrogen) atoms. The first-order valence-electron chi connectivity index (χ1n) is 14.4. The van der Waals surface area contributed by atoms with Crippen molar-refractivity contribution in [3.05, 3.63) is 35.4 Å². The average Bonchev–Trinajstić information content (AvgIpc) is 2.86. The van der Waals surface area contributed by atoms with Crippen LogP contribution in [0.15, 0.2) is 24.3 Å². The van der Waals surface area contributed by atoms with E-state index in [1.54, 1.807) is 24.3 Å². The van der Waals surface area contributed by atoms with Gasteiger partial charge in [-0.05, 0) is 37.1 Å². The summed E-state index contributed by atoms with van der Waals surface area (Å²) in [6, 6.07) is 7.00. The molecule has 4 nitrogen and oxygen atoms in total. The van der Waals surface area contributed by atoms with E-state index in [2.05, 4.69) is 24.5 Å². The van der Waals surface area contributed by atoms with Gasteiger partial charge in [-0.2, -0.15) is 0 Å². The summed E-state index contributed by atoms with van der Waals surface area (Å²) in [5.74, 6) is -0.109. The summed E-state index contributed by atoms with van der Waals surface area (Å²) in [6.07, 6.45) is 23.0. The van der Waals surface area contributed by atoms with E-state index in [1.807, 2.05) is 0 Å². The fourth-order valence-electron chi connectivity index (χ4n) is 4.25. The number of unbranched alkanes of at least 4 members (excludes halogenated alkanes) is 16. The first kappa shape index (κ1) is 30.2. The van der Waals surface area contributed by atoms with Gasteiger partial charge in [0.15, 0.2) is 0 Å². The molecule has 0 unspecified atom stereocenters. The number of amides is 2. The van der Waals surface area contributed by atoms with E-state index < -0.39 is 0 Å². The van der Waals surface area contributed by atoms with Crippen molar-refractivity contribution in [1.29, 1.82) is 0 Å². The van der Waals surface area contributed by atoms with Crippen molar-refractivity contribution in [1.82, 2.24) is 10.6 Å². The molecule has 1 rings (SSSR count). The molecule has 0 atom stereocenters. The van der Waals surface area contributed by atoms with Gasteiger partial charge in [0.25, 0.3) is 11.8 Å². The zero-order chi connectivity index (χ0) is 24.7. The second-order valence-electron chi connectivity index (χ2n) is 9.75. The largest absolute Gasteiger partial charge is 0.352 e. The van der Waals surface area contributed by atoms with Crippen LogP contribution < -0.4 is 10.6 Å². The molecule has 0 saturated carbocycles. The van der Waals surface area contributed by atoms with Crippen LogP contribution in [0.25, 0.3) is 0 Å². The number of benzene rings is 1. The molecular weight excluding hydrogens is 420 g/mol. The number of rotatable bonds is 22. The van der Waals surface area contributed by atoms with Crippen LogP contribution in [0.2, 0.25) is 0 Å². The third-order valence-electron chi connectivity index (χ3n) is 6.54. The quantitative estimate of drug-likeness (QED) is 0.167. The van der Waals surface area contributed by atoms with Crippen LogP contribution in [0.3, 0.4) is 0 Å². The molecule has 0 bridgehead atoms. The summed E-state index contributed by atoms with van der Waals surface area (Å²) in [4.78, 5) is 24.6. The monoisotopic (exact) mass is 472 g/mol. The molecule has 2 N–H and O–H groups in total. The molecule has 0 saturated heterocycles.